The number of aliphatic imine (C=N–C) groups is 1. The number of esters is 1. The van der Waals surface area contributed by atoms with Crippen molar-refractivity contribution in [3.05, 3.63) is 48.3 Å². The summed E-state index contributed by atoms with van der Waals surface area (Å²) in [6.07, 6.45) is 2.92. The van der Waals surface area contributed by atoms with Gasteiger partial charge in [0.2, 0.25) is 11.9 Å². The van der Waals surface area contributed by atoms with E-state index in [0.29, 0.717) is 43.7 Å². The number of rotatable bonds is 3. The van der Waals surface area contributed by atoms with Crippen LogP contribution in [0.4, 0.5) is 0 Å². The van der Waals surface area contributed by atoms with Crippen molar-refractivity contribution in [3.63, 3.8) is 0 Å². The van der Waals surface area contributed by atoms with Crippen LogP contribution >= 0.6 is 0 Å². The fourth-order valence-electron chi connectivity index (χ4n) is 3.46. The molecule has 2 aliphatic rings. The Balaban J connectivity index is 1.50. The zero-order valence-electron chi connectivity index (χ0n) is 15.7. The highest BCUT2D eigenvalue weighted by molar-refractivity contribution is 6.08. The number of hydrogen-bond acceptors (Lipinski definition) is 8. The van der Waals surface area contributed by atoms with E-state index < -0.39 is 23.8 Å². The summed E-state index contributed by atoms with van der Waals surface area (Å²) in [4.78, 5) is 45.3. The minimum Gasteiger partial charge on any atom is -0.468 e. The summed E-state index contributed by atoms with van der Waals surface area (Å²) in [6, 6.07) is 5.82. The van der Waals surface area contributed by atoms with Crippen molar-refractivity contribution < 1.29 is 28.0 Å². The number of ether oxygens (including phenoxy) is 1. The summed E-state index contributed by atoms with van der Waals surface area (Å²) < 4.78 is 15.3. The first-order chi connectivity index (χ1) is 14.1. The van der Waals surface area contributed by atoms with Gasteiger partial charge >= 0.3 is 5.97 Å². The normalized spacial score (nSPS) is 22.1. The second kappa shape index (κ2) is 7.82. The number of piperazine rings is 1. The molecule has 0 radical (unpaired) electrons. The fraction of sp³-hybridized carbons (Fsp3) is 0.368. The van der Waals surface area contributed by atoms with Gasteiger partial charge in [-0.05, 0) is 24.3 Å². The average molecular weight is 400 g/mol. The van der Waals surface area contributed by atoms with Crippen LogP contribution in [0.15, 0.2) is 50.6 Å². The monoisotopic (exact) mass is 400 g/mol. The number of guanidine groups is 1. The Hall–Kier alpha value is -3.56. The standard InChI is InChI=1S/C19H20N4O6/c1-27-18(26)14-15(12-4-2-10-28-12)20-19(21-16(14)24)23-8-6-22(7-9-23)17(25)13-5-3-11-29-13/h2-5,10-11,14-15H,6-9H2,1H3,(H,20,21,24)/t14-,15+/m0/s1. The maximum atomic E-state index is 12.6. The molecule has 0 spiro atoms. The number of hydrogen-bond donors (Lipinski definition) is 1. The van der Waals surface area contributed by atoms with Crippen molar-refractivity contribution in [2.75, 3.05) is 33.3 Å². The molecular formula is C19H20N4O6. The molecule has 1 saturated heterocycles. The highest BCUT2D eigenvalue weighted by Gasteiger charge is 2.43. The van der Waals surface area contributed by atoms with Crippen LogP contribution in [0.1, 0.15) is 22.4 Å². The molecule has 0 bridgehead atoms. The van der Waals surface area contributed by atoms with Gasteiger partial charge in [0.15, 0.2) is 11.7 Å². The maximum absolute atomic E-state index is 12.6. The summed E-state index contributed by atoms with van der Waals surface area (Å²) in [7, 11) is 1.23. The third kappa shape index (κ3) is 3.60. The maximum Gasteiger partial charge on any atom is 0.320 e. The fourth-order valence-corrected chi connectivity index (χ4v) is 3.46. The third-order valence-electron chi connectivity index (χ3n) is 4.98. The van der Waals surface area contributed by atoms with E-state index in [1.807, 2.05) is 4.90 Å². The van der Waals surface area contributed by atoms with Gasteiger partial charge in [0, 0.05) is 26.2 Å². The number of carbonyl (C=O) groups is 3. The van der Waals surface area contributed by atoms with Crippen LogP contribution in [0.25, 0.3) is 0 Å². The lowest BCUT2D eigenvalue weighted by Crippen LogP contribution is -2.58. The van der Waals surface area contributed by atoms with E-state index in [-0.39, 0.29) is 5.91 Å². The lowest BCUT2D eigenvalue weighted by molar-refractivity contribution is -0.151. The molecule has 10 heteroatoms. The number of furan rings is 2. The number of nitrogens with zero attached hydrogens (tertiary/aromatic N) is 3. The summed E-state index contributed by atoms with van der Waals surface area (Å²) in [5.41, 5.74) is 0. The second-order valence-electron chi connectivity index (χ2n) is 6.66. The van der Waals surface area contributed by atoms with Crippen LogP contribution in [-0.2, 0) is 14.3 Å². The lowest BCUT2D eigenvalue weighted by Gasteiger charge is -2.38. The van der Waals surface area contributed by atoms with Crippen LogP contribution in [-0.4, -0.2) is 66.8 Å². The molecule has 2 aromatic heterocycles. The molecule has 2 aliphatic heterocycles. The topological polar surface area (TPSA) is 118 Å². The van der Waals surface area contributed by atoms with Gasteiger partial charge in [-0.25, -0.2) is 4.99 Å². The first kappa shape index (κ1) is 18.8. The van der Waals surface area contributed by atoms with E-state index in [1.54, 1.807) is 29.2 Å². The molecule has 0 saturated carbocycles. The van der Waals surface area contributed by atoms with Crippen molar-refractivity contribution in [3.8, 4) is 0 Å². The summed E-state index contributed by atoms with van der Waals surface area (Å²) in [5.74, 6) is -1.44. The summed E-state index contributed by atoms with van der Waals surface area (Å²) >= 11 is 0. The van der Waals surface area contributed by atoms with E-state index in [2.05, 4.69) is 10.3 Å². The van der Waals surface area contributed by atoms with Crippen molar-refractivity contribution >= 4 is 23.7 Å². The molecule has 0 aliphatic carbocycles. The number of carbonyl (C=O) groups excluding carboxylic acids is 3. The van der Waals surface area contributed by atoms with Crippen LogP contribution in [0.5, 0.6) is 0 Å². The van der Waals surface area contributed by atoms with Gasteiger partial charge in [0.1, 0.15) is 11.8 Å². The Labute approximate surface area is 166 Å². The Bertz CT molecular complexity index is 913. The number of methoxy groups -OCH3 is 1. The molecule has 0 unspecified atom stereocenters. The quantitative estimate of drug-likeness (QED) is 0.594. The molecular weight excluding hydrogens is 380 g/mol. The van der Waals surface area contributed by atoms with Crippen LogP contribution < -0.4 is 5.32 Å². The van der Waals surface area contributed by atoms with Crippen LogP contribution in [0, 0.1) is 5.92 Å². The third-order valence-corrected chi connectivity index (χ3v) is 4.98. The van der Waals surface area contributed by atoms with Crippen molar-refractivity contribution in [2.24, 2.45) is 10.9 Å². The first-order valence-electron chi connectivity index (χ1n) is 9.16. The molecule has 152 valence electrons. The van der Waals surface area contributed by atoms with Gasteiger partial charge in [-0.2, -0.15) is 0 Å². The first-order valence-corrected chi connectivity index (χ1v) is 9.16. The molecule has 4 rings (SSSR count). The second-order valence-corrected chi connectivity index (χ2v) is 6.66. The predicted octanol–water partition coefficient (Wildman–Crippen LogP) is 0.647. The van der Waals surface area contributed by atoms with Crippen LogP contribution in [0.2, 0.25) is 0 Å². The Kier molecular flexibility index (Phi) is 5.07. The Morgan fingerprint density at radius 1 is 1.14 bits per heavy atom. The SMILES string of the molecule is COC(=O)[C@@H]1C(=O)NC(N2CCN(C(=O)c3ccco3)CC2)=N[C@@H]1c1ccco1. The Morgan fingerprint density at radius 3 is 2.48 bits per heavy atom. The molecule has 10 nitrogen and oxygen atoms in total. The van der Waals surface area contributed by atoms with Gasteiger partial charge in [-0.1, -0.05) is 0 Å². The van der Waals surface area contributed by atoms with Crippen molar-refractivity contribution in [1.82, 2.24) is 15.1 Å². The molecule has 4 heterocycles. The average Bonchev–Trinajstić information content (AvgIpc) is 3.46. The Morgan fingerprint density at radius 2 is 1.86 bits per heavy atom. The molecule has 29 heavy (non-hydrogen) atoms. The molecule has 2 aromatic rings. The van der Waals surface area contributed by atoms with Crippen molar-refractivity contribution in [1.29, 1.82) is 0 Å². The van der Waals surface area contributed by atoms with E-state index in [0.717, 1.165) is 0 Å². The zero-order chi connectivity index (χ0) is 20.4. The molecule has 0 aromatic carbocycles. The van der Waals surface area contributed by atoms with E-state index in [1.165, 1.54) is 19.6 Å². The minimum atomic E-state index is -1.13. The minimum absolute atomic E-state index is 0.177. The number of nitrogens with one attached hydrogen (secondary N) is 1. The molecule has 2 atom stereocenters. The highest BCUT2D eigenvalue weighted by atomic mass is 16.5. The van der Waals surface area contributed by atoms with Gasteiger partial charge in [0.05, 0.1) is 19.6 Å². The summed E-state index contributed by atoms with van der Waals surface area (Å²) in [6.45, 7) is 1.83. The number of amides is 2. The highest BCUT2D eigenvalue weighted by Crippen LogP contribution is 2.31. The van der Waals surface area contributed by atoms with Gasteiger partial charge in [0.25, 0.3) is 5.91 Å². The zero-order valence-corrected chi connectivity index (χ0v) is 15.7. The smallest absolute Gasteiger partial charge is 0.320 e. The molecule has 1 fully saturated rings. The van der Waals surface area contributed by atoms with Gasteiger partial charge in [-0.15, -0.1) is 0 Å². The van der Waals surface area contributed by atoms with E-state index in [4.69, 9.17) is 13.6 Å². The molecule has 2 amide bonds. The molecule has 1 N–H and O–H groups in total. The van der Waals surface area contributed by atoms with Gasteiger partial charge < -0.3 is 23.4 Å². The van der Waals surface area contributed by atoms with Crippen molar-refractivity contribution in [2.45, 2.75) is 6.04 Å². The van der Waals surface area contributed by atoms with Crippen LogP contribution in [0.3, 0.4) is 0 Å². The predicted molar refractivity (Wildman–Crippen MR) is 98.7 cm³/mol. The summed E-state index contributed by atoms with van der Waals surface area (Å²) in [5, 5.41) is 2.69. The van der Waals surface area contributed by atoms with E-state index >= 15 is 0 Å². The lowest BCUT2D eigenvalue weighted by atomic mass is 9.95. The largest absolute Gasteiger partial charge is 0.468 e. The van der Waals surface area contributed by atoms with Gasteiger partial charge in [-0.3, -0.25) is 19.7 Å². The van der Waals surface area contributed by atoms with E-state index in [9.17, 15) is 14.4 Å².